The summed E-state index contributed by atoms with van der Waals surface area (Å²) in [4.78, 5) is 10.8. The molecule has 19 heavy (non-hydrogen) atoms. The molecule has 106 valence electrons. The molecule has 0 spiro atoms. The predicted molar refractivity (Wildman–Crippen MR) is 76.0 cm³/mol. The van der Waals surface area contributed by atoms with Crippen molar-refractivity contribution >= 4 is 17.6 Å². The third-order valence-corrected chi connectivity index (χ3v) is 3.54. The smallest absolute Gasteiger partial charge is 0.305 e. The van der Waals surface area contributed by atoms with Crippen LogP contribution in [0.3, 0.4) is 0 Å². The van der Waals surface area contributed by atoms with E-state index in [9.17, 15) is 4.79 Å². The number of halogens is 1. The Balaban J connectivity index is 3.46. The molecule has 0 saturated heterocycles. The van der Waals surface area contributed by atoms with Gasteiger partial charge in [0.25, 0.3) is 0 Å². The molecule has 0 aliphatic heterocycles. The standard InChI is InChI=1S/C14H20ClNO3/c1-7(2)9-5-10(15)8(3)13(14(9)19-4)11(16)6-12(17)18/h5,7,11H,6,16H2,1-4H3,(H,17,18). The topological polar surface area (TPSA) is 72.5 Å². The number of carboxylic acids is 1. The van der Waals surface area contributed by atoms with Gasteiger partial charge in [-0.2, -0.15) is 0 Å². The molecule has 0 aliphatic carbocycles. The molecule has 1 aromatic rings. The van der Waals surface area contributed by atoms with E-state index >= 15 is 0 Å². The molecule has 0 radical (unpaired) electrons. The molecule has 1 rings (SSSR count). The summed E-state index contributed by atoms with van der Waals surface area (Å²) in [5, 5.41) is 9.48. The molecule has 0 bridgehead atoms. The van der Waals surface area contributed by atoms with Gasteiger partial charge in [-0.25, -0.2) is 0 Å². The van der Waals surface area contributed by atoms with Crippen LogP contribution in [0.4, 0.5) is 0 Å². The lowest BCUT2D eigenvalue weighted by Crippen LogP contribution is -2.18. The summed E-state index contributed by atoms with van der Waals surface area (Å²) in [6.07, 6.45) is -0.158. The van der Waals surface area contributed by atoms with Crippen molar-refractivity contribution in [2.45, 2.75) is 39.2 Å². The molecule has 1 atom stereocenters. The second kappa shape index (κ2) is 6.26. The molecular weight excluding hydrogens is 266 g/mol. The summed E-state index contributed by atoms with van der Waals surface area (Å²) in [6, 6.07) is 1.22. The number of methoxy groups -OCH3 is 1. The van der Waals surface area contributed by atoms with Crippen LogP contribution in [0.5, 0.6) is 5.75 Å². The number of rotatable bonds is 5. The van der Waals surface area contributed by atoms with Crippen molar-refractivity contribution in [1.29, 1.82) is 0 Å². The molecule has 0 fully saturated rings. The maximum absolute atomic E-state index is 10.8. The minimum atomic E-state index is -0.944. The van der Waals surface area contributed by atoms with Crippen LogP contribution in [0.2, 0.25) is 5.02 Å². The Morgan fingerprint density at radius 2 is 2.11 bits per heavy atom. The second-order valence-electron chi connectivity index (χ2n) is 4.88. The highest BCUT2D eigenvalue weighted by Crippen LogP contribution is 2.39. The zero-order valence-corrected chi connectivity index (χ0v) is 12.4. The summed E-state index contributed by atoms with van der Waals surface area (Å²) in [5.41, 5.74) is 8.39. The Morgan fingerprint density at radius 1 is 1.53 bits per heavy atom. The number of aliphatic carboxylic acids is 1. The summed E-state index contributed by atoms with van der Waals surface area (Å²) in [5.74, 6) is -0.0884. The highest BCUT2D eigenvalue weighted by Gasteiger charge is 2.23. The Morgan fingerprint density at radius 3 is 2.53 bits per heavy atom. The highest BCUT2D eigenvalue weighted by molar-refractivity contribution is 6.31. The van der Waals surface area contributed by atoms with E-state index in [0.717, 1.165) is 11.1 Å². The van der Waals surface area contributed by atoms with Gasteiger partial charge in [0.15, 0.2) is 0 Å². The molecule has 1 aromatic carbocycles. The number of nitrogens with two attached hydrogens (primary N) is 1. The minimum Gasteiger partial charge on any atom is -0.496 e. The molecule has 4 nitrogen and oxygen atoms in total. The largest absolute Gasteiger partial charge is 0.496 e. The Kier molecular flexibility index (Phi) is 5.20. The Labute approximate surface area is 118 Å². The van der Waals surface area contributed by atoms with Gasteiger partial charge in [0.1, 0.15) is 5.75 Å². The van der Waals surface area contributed by atoms with Crippen molar-refractivity contribution in [3.05, 3.63) is 27.8 Å². The van der Waals surface area contributed by atoms with Crippen LogP contribution in [-0.4, -0.2) is 18.2 Å². The van der Waals surface area contributed by atoms with Gasteiger partial charge >= 0.3 is 5.97 Å². The predicted octanol–water partition coefficient (Wildman–Crippen LogP) is 3.25. The fourth-order valence-electron chi connectivity index (χ4n) is 2.16. The molecule has 0 saturated carbocycles. The summed E-state index contributed by atoms with van der Waals surface area (Å²) in [7, 11) is 1.56. The zero-order valence-electron chi connectivity index (χ0n) is 11.7. The average molecular weight is 286 g/mol. The average Bonchev–Trinajstić information content (AvgIpc) is 2.30. The van der Waals surface area contributed by atoms with E-state index in [1.165, 1.54) is 0 Å². The first kappa shape index (κ1) is 15.8. The van der Waals surface area contributed by atoms with Crippen LogP contribution in [0.25, 0.3) is 0 Å². The normalized spacial score (nSPS) is 12.6. The van der Waals surface area contributed by atoms with E-state index in [0.29, 0.717) is 16.3 Å². The lowest BCUT2D eigenvalue weighted by atomic mass is 9.91. The van der Waals surface area contributed by atoms with E-state index in [4.69, 9.17) is 27.2 Å². The van der Waals surface area contributed by atoms with Crippen LogP contribution >= 0.6 is 11.6 Å². The molecule has 1 unspecified atom stereocenters. The Hall–Kier alpha value is -1.26. The molecule has 3 N–H and O–H groups in total. The zero-order chi connectivity index (χ0) is 14.7. The van der Waals surface area contributed by atoms with Gasteiger partial charge < -0.3 is 15.6 Å². The van der Waals surface area contributed by atoms with Crippen LogP contribution in [-0.2, 0) is 4.79 Å². The van der Waals surface area contributed by atoms with Crippen LogP contribution in [0.15, 0.2) is 6.07 Å². The highest BCUT2D eigenvalue weighted by atomic mass is 35.5. The number of carboxylic acid groups (broad SMARTS) is 1. The van der Waals surface area contributed by atoms with Crippen LogP contribution < -0.4 is 10.5 Å². The van der Waals surface area contributed by atoms with Crippen molar-refractivity contribution in [3.63, 3.8) is 0 Å². The van der Waals surface area contributed by atoms with Crippen molar-refractivity contribution in [3.8, 4) is 5.75 Å². The monoisotopic (exact) mass is 285 g/mol. The maximum Gasteiger partial charge on any atom is 0.305 e. The van der Waals surface area contributed by atoms with Gasteiger partial charge in [0.2, 0.25) is 0 Å². The van der Waals surface area contributed by atoms with Gasteiger partial charge in [-0.05, 0) is 30.0 Å². The molecular formula is C14H20ClNO3. The van der Waals surface area contributed by atoms with Gasteiger partial charge in [0, 0.05) is 16.6 Å². The van der Waals surface area contributed by atoms with Crippen molar-refractivity contribution in [1.82, 2.24) is 0 Å². The first-order valence-corrected chi connectivity index (χ1v) is 6.51. The number of hydrogen-bond donors (Lipinski definition) is 2. The lowest BCUT2D eigenvalue weighted by Gasteiger charge is -2.22. The third-order valence-electron chi connectivity index (χ3n) is 3.14. The fourth-order valence-corrected chi connectivity index (χ4v) is 2.38. The Bertz CT molecular complexity index is 486. The number of ether oxygens (including phenoxy) is 1. The number of carbonyl (C=O) groups is 1. The van der Waals surface area contributed by atoms with E-state index in [-0.39, 0.29) is 12.3 Å². The van der Waals surface area contributed by atoms with Gasteiger partial charge in [0.05, 0.1) is 13.5 Å². The molecule has 5 heteroatoms. The van der Waals surface area contributed by atoms with Crippen LogP contribution in [0, 0.1) is 6.92 Å². The second-order valence-corrected chi connectivity index (χ2v) is 5.29. The summed E-state index contributed by atoms with van der Waals surface area (Å²) in [6.45, 7) is 5.87. The van der Waals surface area contributed by atoms with Gasteiger partial charge in [-0.1, -0.05) is 25.4 Å². The van der Waals surface area contributed by atoms with Crippen molar-refractivity contribution in [2.75, 3.05) is 7.11 Å². The SMILES string of the molecule is COc1c(C(C)C)cc(Cl)c(C)c1C(N)CC(=O)O. The van der Waals surface area contributed by atoms with Crippen molar-refractivity contribution in [2.24, 2.45) is 5.73 Å². The summed E-state index contributed by atoms with van der Waals surface area (Å²) < 4.78 is 5.44. The first-order chi connectivity index (χ1) is 8.79. The quantitative estimate of drug-likeness (QED) is 0.871. The lowest BCUT2D eigenvalue weighted by molar-refractivity contribution is -0.137. The molecule has 0 aliphatic rings. The maximum atomic E-state index is 10.8. The minimum absolute atomic E-state index is 0.158. The first-order valence-electron chi connectivity index (χ1n) is 6.13. The van der Waals surface area contributed by atoms with E-state index in [1.807, 2.05) is 26.8 Å². The third kappa shape index (κ3) is 3.39. The van der Waals surface area contributed by atoms with Gasteiger partial charge in [-0.15, -0.1) is 0 Å². The molecule has 0 amide bonds. The fraction of sp³-hybridized carbons (Fsp3) is 0.500. The van der Waals surface area contributed by atoms with E-state index < -0.39 is 12.0 Å². The van der Waals surface area contributed by atoms with E-state index in [2.05, 4.69) is 0 Å². The molecule has 0 heterocycles. The van der Waals surface area contributed by atoms with Crippen molar-refractivity contribution < 1.29 is 14.6 Å². The van der Waals surface area contributed by atoms with E-state index in [1.54, 1.807) is 7.11 Å². The van der Waals surface area contributed by atoms with Gasteiger partial charge in [-0.3, -0.25) is 4.79 Å². The number of benzene rings is 1. The summed E-state index contributed by atoms with van der Waals surface area (Å²) >= 11 is 6.21. The van der Waals surface area contributed by atoms with Crippen LogP contribution in [0.1, 0.15) is 48.9 Å². The number of hydrogen-bond acceptors (Lipinski definition) is 3. The molecule has 0 aromatic heterocycles.